The summed E-state index contributed by atoms with van der Waals surface area (Å²) in [5.74, 6) is 2.01. The van der Waals surface area contributed by atoms with Gasteiger partial charge in [-0.3, -0.25) is 4.79 Å². The maximum atomic E-state index is 12.6. The molecule has 0 spiro atoms. The molecule has 0 saturated carbocycles. The quantitative estimate of drug-likeness (QED) is 0.904. The third-order valence-corrected chi connectivity index (χ3v) is 5.25. The minimum Gasteiger partial charge on any atom is -0.361 e. The highest BCUT2D eigenvalue weighted by molar-refractivity contribution is 5.92. The molecule has 1 N–H and O–H groups in total. The van der Waals surface area contributed by atoms with Crippen LogP contribution in [0.1, 0.15) is 65.4 Å². The summed E-state index contributed by atoms with van der Waals surface area (Å²) in [5, 5.41) is 7.28. The van der Waals surface area contributed by atoms with Crippen LogP contribution in [0.25, 0.3) is 0 Å². The van der Waals surface area contributed by atoms with Gasteiger partial charge in [-0.05, 0) is 19.3 Å². The number of carbonyl (C=O) groups is 1. The molecule has 2 aromatic heterocycles. The molecule has 7 heteroatoms. The lowest BCUT2D eigenvalue weighted by molar-refractivity contribution is 0.0700. The first-order chi connectivity index (χ1) is 12.7. The van der Waals surface area contributed by atoms with Crippen LogP contribution in [0.2, 0.25) is 0 Å². The van der Waals surface area contributed by atoms with Crippen molar-refractivity contribution in [3.8, 4) is 0 Å². The van der Waals surface area contributed by atoms with E-state index >= 15 is 0 Å². The Bertz CT molecular complexity index is 780. The van der Waals surface area contributed by atoms with Crippen molar-refractivity contribution < 1.29 is 9.32 Å². The van der Waals surface area contributed by atoms with Gasteiger partial charge in [0.1, 0.15) is 11.6 Å². The van der Waals surface area contributed by atoms with Gasteiger partial charge in [0.25, 0.3) is 5.91 Å². The summed E-state index contributed by atoms with van der Waals surface area (Å²) in [6.45, 7) is 5.34. The van der Waals surface area contributed by atoms with E-state index < -0.39 is 0 Å². The number of aromatic nitrogens is 3. The molecule has 4 rings (SSSR count). The van der Waals surface area contributed by atoms with Crippen molar-refractivity contribution in [1.82, 2.24) is 25.3 Å². The standard InChI is InChI=1S/C19H25N5O2/c1-2-3-15-10-17(23-26-15)19(25)24-8-5-13(6-9-24)18-21-12-14-11-20-7-4-16(14)22-18/h10,12-13,20H,2-9,11H2,1H3. The van der Waals surface area contributed by atoms with E-state index in [1.807, 2.05) is 11.1 Å². The Morgan fingerprint density at radius 2 is 2.23 bits per heavy atom. The number of amides is 1. The zero-order valence-electron chi connectivity index (χ0n) is 15.2. The van der Waals surface area contributed by atoms with Gasteiger partial charge in [-0.2, -0.15) is 0 Å². The van der Waals surface area contributed by atoms with Gasteiger partial charge in [-0.25, -0.2) is 9.97 Å². The molecule has 7 nitrogen and oxygen atoms in total. The first-order valence-corrected chi connectivity index (χ1v) is 9.55. The summed E-state index contributed by atoms with van der Waals surface area (Å²) in [7, 11) is 0. The van der Waals surface area contributed by atoms with Gasteiger partial charge in [0.2, 0.25) is 0 Å². The van der Waals surface area contributed by atoms with Crippen LogP contribution in [0.4, 0.5) is 0 Å². The van der Waals surface area contributed by atoms with Crippen molar-refractivity contribution in [2.24, 2.45) is 0 Å². The van der Waals surface area contributed by atoms with E-state index in [0.717, 1.165) is 56.8 Å². The number of nitrogens with zero attached hydrogens (tertiary/aromatic N) is 4. The molecule has 0 aromatic carbocycles. The number of piperidine rings is 1. The second-order valence-electron chi connectivity index (χ2n) is 7.12. The van der Waals surface area contributed by atoms with Crippen molar-refractivity contribution in [3.63, 3.8) is 0 Å². The predicted octanol–water partition coefficient (Wildman–Crippen LogP) is 2.08. The van der Waals surface area contributed by atoms with Crippen molar-refractivity contribution in [2.45, 2.75) is 51.5 Å². The molecular formula is C19H25N5O2. The van der Waals surface area contributed by atoms with Gasteiger partial charge in [0.15, 0.2) is 5.69 Å². The van der Waals surface area contributed by atoms with Gasteiger partial charge in [0.05, 0.1) is 0 Å². The van der Waals surface area contributed by atoms with Crippen molar-refractivity contribution in [1.29, 1.82) is 0 Å². The molecule has 1 saturated heterocycles. The molecule has 0 atom stereocenters. The molecular weight excluding hydrogens is 330 g/mol. The number of hydrogen-bond acceptors (Lipinski definition) is 6. The summed E-state index contributed by atoms with van der Waals surface area (Å²) in [6, 6.07) is 1.78. The lowest BCUT2D eigenvalue weighted by atomic mass is 9.95. The van der Waals surface area contributed by atoms with Crippen LogP contribution in [0.15, 0.2) is 16.8 Å². The SMILES string of the molecule is CCCc1cc(C(=O)N2CCC(c3ncc4c(n3)CCNC4)CC2)no1. The number of rotatable bonds is 4. The largest absolute Gasteiger partial charge is 0.361 e. The van der Waals surface area contributed by atoms with Crippen LogP contribution in [0.3, 0.4) is 0 Å². The number of carbonyl (C=O) groups excluding carboxylic acids is 1. The first-order valence-electron chi connectivity index (χ1n) is 9.55. The third-order valence-electron chi connectivity index (χ3n) is 5.25. The van der Waals surface area contributed by atoms with Crippen LogP contribution in [0, 0.1) is 0 Å². The van der Waals surface area contributed by atoms with Crippen LogP contribution in [-0.2, 0) is 19.4 Å². The zero-order valence-corrected chi connectivity index (χ0v) is 15.2. The number of fused-ring (bicyclic) bond motifs is 1. The Kier molecular flexibility index (Phi) is 4.97. The molecule has 1 fully saturated rings. The fraction of sp³-hybridized carbons (Fsp3) is 0.579. The minimum absolute atomic E-state index is 0.0352. The molecule has 0 unspecified atom stereocenters. The normalized spacial score (nSPS) is 18.0. The molecule has 1 amide bonds. The van der Waals surface area contributed by atoms with E-state index in [0.29, 0.717) is 24.7 Å². The number of nitrogens with one attached hydrogen (secondary N) is 1. The molecule has 2 aromatic rings. The molecule has 2 aliphatic heterocycles. The lowest BCUT2D eigenvalue weighted by Crippen LogP contribution is -2.38. The average Bonchev–Trinajstić information content (AvgIpc) is 3.16. The number of hydrogen-bond donors (Lipinski definition) is 1. The summed E-state index contributed by atoms with van der Waals surface area (Å²) in [4.78, 5) is 23.9. The predicted molar refractivity (Wildman–Crippen MR) is 95.8 cm³/mol. The summed E-state index contributed by atoms with van der Waals surface area (Å²) in [5.41, 5.74) is 2.81. The fourth-order valence-electron chi connectivity index (χ4n) is 3.73. The molecule has 0 bridgehead atoms. The number of likely N-dealkylation sites (tertiary alicyclic amines) is 1. The summed E-state index contributed by atoms with van der Waals surface area (Å²) in [6.07, 6.45) is 6.50. The monoisotopic (exact) mass is 355 g/mol. The molecule has 0 aliphatic carbocycles. The zero-order chi connectivity index (χ0) is 17.9. The topological polar surface area (TPSA) is 84.2 Å². The highest BCUT2D eigenvalue weighted by atomic mass is 16.5. The van der Waals surface area contributed by atoms with Gasteiger partial charge in [0, 0.05) is 68.5 Å². The van der Waals surface area contributed by atoms with E-state index in [2.05, 4.69) is 22.4 Å². The third kappa shape index (κ3) is 3.49. The second kappa shape index (κ2) is 7.53. The van der Waals surface area contributed by atoms with Crippen molar-refractivity contribution >= 4 is 5.91 Å². The smallest absolute Gasteiger partial charge is 0.276 e. The van der Waals surface area contributed by atoms with Gasteiger partial charge in [-0.15, -0.1) is 0 Å². The Labute approximate surface area is 153 Å². The second-order valence-corrected chi connectivity index (χ2v) is 7.12. The van der Waals surface area contributed by atoms with Gasteiger partial charge >= 0.3 is 0 Å². The van der Waals surface area contributed by atoms with E-state index in [9.17, 15) is 4.79 Å². The minimum atomic E-state index is -0.0352. The Hall–Kier alpha value is -2.28. The molecule has 138 valence electrons. The van der Waals surface area contributed by atoms with Crippen molar-refractivity contribution in [3.05, 3.63) is 40.8 Å². The highest BCUT2D eigenvalue weighted by Crippen LogP contribution is 2.27. The van der Waals surface area contributed by atoms with Gasteiger partial charge < -0.3 is 14.7 Å². The van der Waals surface area contributed by atoms with Crippen LogP contribution in [0.5, 0.6) is 0 Å². The van der Waals surface area contributed by atoms with E-state index in [1.54, 1.807) is 6.07 Å². The first kappa shape index (κ1) is 17.1. The maximum absolute atomic E-state index is 12.6. The Morgan fingerprint density at radius 1 is 1.38 bits per heavy atom. The Balaban J connectivity index is 1.38. The highest BCUT2D eigenvalue weighted by Gasteiger charge is 2.28. The molecule has 26 heavy (non-hydrogen) atoms. The summed E-state index contributed by atoms with van der Waals surface area (Å²) >= 11 is 0. The maximum Gasteiger partial charge on any atom is 0.276 e. The molecule has 2 aliphatic rings. The fourth-order valence-corrected chi connectivity index (χ4v) is 3.73. The molecule has 4 heterocycles. The average molecular weight is 355 g/mol. The summed E-state index contributed by atoms with van der Waals surface area (Å²) < 4.78 is 5.24. The van der Waals surface area contributed by atoms with Crippen LogP contribution < -0.4 is 5.32 Å². The van der Waals surface area contributed by atoms with Crippen LogP contribution >= 0.6 is 0 Å². The van der Waals surface area contributed by atoms with E-state index in [-0.39, 0.29) is 5.91 Å². The van der Waals surface area contributed by atoms with Crippen LogP contribution in [-0.4, -0.2) is 45.6 Å². The van der Waals surface area contributed by atoms with E-state index in [1.165, 1.54) is 11.3 Å². The van der Waals surface area contributed by atoms with Crippen molar-refractivity contribution in [2.75, 3.05) is 19.6 Å². The molecule has 0 radical (unpaired) electrons. The van der Waals surface area contributed by atoms with Gasteiger partial charge in [-0.1, -0.05) is 12.1 Å². The number of aryl methyl sites for hydroxylation is 1. The van der Waals surface area contributed by atoms with E-state index in [4.69, 9.17) is 9.51 Å². The lowest BCUT2D eigenvalue weighted by Gasteiger charge is -2.31. The Morgan fingerprint density at radius 3 is 3.04 bits per heavy atom.